The van der Waals surface area contributed by atoms with Gasteiger partial charge in [0, 0.05) is 0 Å². The van der Waals surface area contributed by atoms with Crippen molar-refractivity contribution in [1.29, 1.82) is 0 Å². The topological polar surface area (TPSA) is 166 Å². The molecule has 32 heavy (non-hydrogen) atoms. The number of benzene rings is 2. The lowest BCUT2D eigenvalue weighted by Gasteiger charge is -2.14. The summed E-state index contributed by atoms with van der Waals surface area (Å²) in [6.45, 7) is 0. The first-order valence-electron chi connectivity index (χ1n) is 7.55. The maximum Gasteiger partial charge on any atom is 0.339 e. The number of carbonyl (C=O) groups excluding carboxylic acids is 1. The third-order valence-electron chi connectivity index (χ3n) is 3.95. The second kappa shape index (κ2) is 8.01. The highest BCUT2D eigenvalue weighted by molar-refractivity contribution is 6.14. The molecule has 2 aromatic carbocycles. The van der Waals surface area contributed by atoms with Crippen LogP contribution in [0.1, 0.15) is 57.4 Å². The fourth-order valence-electron chi connectivity index (χ4n) is 2.65. The smallest absolute Gasteiger partial charge is 0.339 e. The highest BCUT2D eigenvalue weighted by Gasteiger charge is 2.40. The Balaban J connectivity index is 3.06. The summed E-state index contributed by atoms with van der Waals surface area (Å²) in [4.78, 5) is 56.5. The van der Waals surface area contributed by atoms with Crippen LogP contribution in [0.25, 0.3) is 0 Å². The second-order valence-electron chi connectivity index (χ2n) is 5.68. The first-order chi connectivity index (χ1) is 14.7. The van der Waals surface area contributed by atoms with Gasteiger partial charge >= 0.3 is 23.9 Å². The van der Waals surface area contributed by atoms with Crippen molar-refractivity contribution in [3.05, 3.63) is 68.3 Å². The summed E-state index contributed by atoms with van der Waals surface area (Å²) in [6, 6.07) is 0. The number of ketones is 1. The molecule has 0 aliphatic heterocycles. The first-order valence-corrected chi connectivity index (χ1v) is 7.55. The molecule has 15 heteroatoms. The van der Waals surface area contributed by atoms with E-state index in [-0.39, 0.29) is 0 Å². The van der Waals surface area contributed by atoms with Gasteiger partial charge in [-0.2, -0.15) is 0 Å². The van der Waals surface area contributed by atoms with Crippen LogP contribution in [0, 0.1) is 34.9 Å². The van der Waals surface area contributed by atoms with E-state index in [1.807, 2.05) is 0 Å². The summed E-state index contributed by atoms with van der Waals surface area (Å²) in [7, 11) is 0. The molecule has 0 fully saturated rings. The third-order valence-corrected chi connectivity index (χ3v) is 3.95. The number of hydrogen-bond donors (Lipinski definition) is 4. The highest BCUT2D eigenvalue weighted by atomic mass is 19.2. The Bertz CT molecular complexity index is 1170. The number of carbonyl (C=O) groups is 5. The van der Waals surface area contributed by atoms with Crippen LogP contribution in [0.3, 0.4) is 0 Å². The van der Waals surface area contributed by atoms with Crippen molar-refractivity contribution in [2.24, 2.45) is 0 Å². The molecule has 0 aliphatic carbocycles. The van der Waals surface area contributed by atoms with Gasteiger partial charge in [-0.3, -0.25) is 4.79 Å². The Morgan fingerprint density at radius 3 is 0.781 bits per heavy atom. The Labute approximate surface area is 169 Å². The largest absolute Gasteiger partial charge is 0.478 e. The lowest BCUT2D eigenvalue weighted by Crippen LogP contribution is -2.24. The molecular formula is C17H4F6O9. The van der Waals surface area contributed by atoms with Crippen molar-refractivity contribution in [3.8, 4) is 0 Å². The molecule has 0 amide bonds. The van der Waals surface area contributed by atoms with Gasteiger partial charge in [-0.05, 0) is 0 Å². The Hall–Kier alpha value is -4.43. The normalized spacial score (nSPS) is 10.7. The minimum absolute atomic E-state index is 2.11. The van der Waals surface area contributed by atoms with Crippen molar-refractivity contribution in [2.45, 2.75) is 0 Å². The number of carboxylic acids is 4. The van der Waals surface area contributed by atoms with E-state index in [2.05, 4.69) is 0 Å². The van der Waals surface area contributed by atoms with Gasteiger partial charge in [0.05, 0.1) is 11.1 Å². The fourth-order valence-corrected chi connectivity index (χ4v) is 2.65. The van der Waals surface area contributed by atoms with E-state index in [9.17, 15) is 50.3 Å². The van der Waals surface area contributed by atoms with Crippen molar-refractivity contribution in [1.82, 2.24) is 0 Å². The Morgan fingerprint density at radius 2 is 0.562 bits per heavy atom. The van der Waals surface area contributed by atoms with Gasteiger partial charge in [0.25, 0.3) is 0 Å². The summed E-state index contributed by atoms with van der Waals surface area (Å²) in [6.07, 6.45) is 0. The van der Waals surface area contributed by atoms with Gasteiger partial charge in [-0.25, -0.2) is 45.5 Å². The van der Waals surface area contributed by atoms with Crippen LogP contribution in [-0.4, -0.2) is 50.1 Å². The molecule has 0 saturated heterocycles. The van der Waals surface area contributed by atoms with Crippen LogP contribution in [0.15, 0.2) is 0 Å². The average molecular weight is 466 g/mol. The number of carboxylic acid groups (broad SMARTS) is 4. The second-order valence-corrected chi connectivity index (χ2v) is 5.68. The summed E-state index contributed by atoms with van der Waals surface area (Å²) in [5.74, 6) is -28.9. The van der Waals surface area contributed by atoms with Crippen LogP contribution < -0.4 is 0 Å². The molecule has 0 heterocycles. The standard InChI is InChI=1S/C17H4F6O9/c18-7-1(14(25)26)3(16(29)30)9(20)11(22)5(7)13(24)6-8(19)2(15(27)28)4(17(31)32)10(21)12(6)23/h(H,25,26)(H,27,28)(H,29,30)(H,31,32). The van der Waals surface area contributed by atoms with E-state index in [0.29, 0.717) is 0 Å². The molecule has 0 radical (unpaired) electrons. The molecule has 0 unspecified atom stereocenters. The zero-order valence-electron chi connectivity index (χ0n) is 14.6. The van der Waals surface area contributed by atoms with Gasteiger partial charge < -0.3 is 20.4 Å². The van der Waals surface area contributed by atoms with Gasteiger partial charge in [0.2, 0.25) is 5.78 Å². The quantitative estimate of drug-likeness (QED) is 0.284. The molecule has 2 rings (SSSR count). The molecule has 168 valence electrons. The Kier molecular flexibility index (Phi) is 5.97. The molecule has 9 nitrogen and oxygen atoms in total. The van der Waals surface area contributed by atoms with Crippen molar-refractivity contribution >= 4 is 29.7 Å². The summed E-state index contributed by atoms with van der Waals surface area (Å²) < 4.78 is 85.7. The molecule has 2 aromatic rings. The van der Waals surface area contributed by atoms with E-state index in [1.54, 1.807) is 0 Å². The predicted octanol–water partition coefficient (Wildman–Crippen LogP) is 2.55. The van der Waals surface area contributed by atoms with Crippen molar-refractivity contribution in [3.63, 3.8) is 0 Å². The average Bonchev–Trinajstić information content (AvgIpc) is 2.65. The highest BCUT2D eigenvalue weighted by Crippen LogP contribution is 2.32. The molecule has 0 saturated carbocycles. The summed E-state index contributed by atoms with van der Waals surface area (Å²) in [5.41, 5.74) is -13.3. The zero-order valence-corrected chi connectivity index (χ0v) is 14.6. The number of rotatable bonds is 6. The molecular weight excluding hydrogens is 462 g/mol. The lowest BCUT2D eigenvalue weighted by molar-refractivity contribution is 0.0639. The van der Waals surface area contributed by atoms with E-state index in [1.165, 1.54) is 0 Å². The SMILES string of the molecule is O=C(c1c(F)c(F)c(C(=O)O)c(C(=O)O)c1F)c1c(F)c(F)c(C(=O)O)c(C(=O)O)c1F. The van der Waals surface area contributed by atoms with Crippen LogP contribution in [0.4, 0.5) is 26.3 Å². The van der Waals surface area contributed by atoms with E-state index < -0.39 is 97.9 Å². The van der Waals surface area contributed by atoms with Gasteiger partial charge in [0.1, 0.15) is 22.3 Å². The van der Waals surface area contributed by atoms with Crippen LogP contribution in [0.5, 0.6) is 0 Å². The number of aromatic carboxylic acids is 4. The van der Waals surface area contributed by atoms with Gasteiger partial charge in [0.15, 0.2) is 34.9 Å². The van der Waals surface area contributed by atoms with Gasteiger partial charge in [-0.1, -0.05) is 0 Å². The van der Waals surface area contributed by atoms with Gasteiger partial charge in [-0.15, -0.1) is 0 Å². The third kappa shape index (κ3) is 3.38. The Morgan fingerprint density at radius 1 is 0.375 bits per heavy atom. The maximum atomic E-state index is 14.5. The van der Waals surface area contributed by atoms with E-state index in [0.717, 1.165) is 0 Å². The molecule has 0 atom stereocenters. The first kappa shape index (κ1) is 23.8. The monoisotopic (exact) mass is 466 g/mol. The molecule has 0 aliphatic rings. The molecule has 0 spiro atoms. The molecule has 0 bridgehead atoms. The fraction of sp³-hybridized carbons (Fsp3) is 0. The van der Waals surface area contributed by atoms with Crippen LogP contribution in [0.2, 0.25) is 0 Å². The maximum absolute atomic E-state index is 14.5. The van der Waals surface area contributed by atoms with E-state index in [4.69, 9.17) is 20.4 Å². The van der Waals surface area contributed by atoms with E-state index >= 15 is 0 Å². The minimum Gasteiger partial charge on any atom is -0.478 e. The predicted molar refractivity (Wildman–Crippen MR) is 83.9 cm³/mol. The number of halogens is 6. The molecule has 4 N–H and O–H groups in total. The molecule has 0 aromatic heterocycles. The zero-order chi connectivity index (χ0) is 24.8. The van der Waals surface area contributed by atoms with Crippen LogP contribution >= 0.6 is 0 Å². The van der Waals surface area contributed by atoms with Crippen molar-refractivity contribution in [2.75, 3.05) is 0 Å². The minimum atomic E-state index is -2.76. The lowest BCUT2D eigenvalue weighted by atomic mass is 9.92. The summed E-state index contributed by atoms with van der Waals surface area (Å²) in [5, 5.41) is 35.4. The van der Waals surface area contributed by atoms with Crippen molar-refractivity contribution < 1.29 is 70.7 Å². The van der Waals surface area contributed by atoms with Crippen LogP contribution in [-0.2, 0) is 0 Å². The number of hydrogen-bond acceptors (Lipinski definition) is 5. The summed E-state index contributed by atoms with van der Waals surface area (Å²) >= 11 is 0.